The maximum absolute atomic E-state index is 12.0. The zero-order valence-electron chi connectivity index (χ0n) is 10.9. The van der Waals surface area contributed by atoms with Crippen LogP contribution in [0.5, 0.6) is 5.75 Å². The highest BCUT2D eigenvalue weighted by Gasteiger charge is 2.08. The number of rotatable bonds is 6. The molecule has 0 heterocycles. The minimum absolute atomic E-state index is 0.0978. The number of halogens is 2. The van der Waals surface area contributed by atoms with E-state index in [0.717, 1.165) is 12.1 Å². The summed E-state index contributed by atoms with van der Waals surface area (Å²) in [6.45, 7) is 4.14. The second-order valence-corrected chi connectivity index (χ2v) is 4.23. The highest BCUT2D eigenvalue weighted by Crippen LogP contribution is 2.21. The van der Waals surface area contributed by atoms with Crippen LogP contribution in [0.15, 0.2) is 35.9 Å². The highest BCUT2D eigenvalue weighted by molar-refractivity contribution is 5.31. The van der Waals surface area contributed by atoms with Crippen LogP contribution in [-0.2, 0) is 0 Å². The van der Waals surface area contributed by atoms with Crippen LogP contribution in [0.2, 0.25) is 0 Å². The third-order valence-corrected chi connectivity index (χ3v) is 2.39. The van der Waals surface area contributed by atoms with E-state index in [-0.39, 0.29) is 11.8 Å². The molecule has 100 valence electrons. The summed E-state index contributed by atoms with van der Waals surface area (Å²) in [5.41, 5.74) is 2.23. The first-order valence-corrected chi connectivity index (χ1v) is 5.96. The average molecular weight is 255 g/mol. The van der Waals surface area contributed by atoms with Crippen LogP contribution in [0.25, 0.3) is 0 Å². The van der Waals surface area contributed by atoms with Gasteiger partial charge in [0.05, 0.1) is 6.04 Å². The summed E-state index contributed by atoms with van der Waals surface area (Å²) in [5, 5.41) is 3.33. The molecule has 0 aliphatic heterocycles. The van der Waals surface area contributed by atoms with Gasteiger partial charge in [-0.2, -0.15) is 8.78 Å². The zero-order valence-corrected chi connectivity index (χ0v) is 10.9. The van der Waals surface area contributed by atoms with Gasteiger partial charge in [0, 0.05) is 0 Å². The second-order valence-electron chi connectivity index (χ2n) is 4.23. The molecule has 1 aromatic rings. The van der Waals surface area contributed by atoms with Crippen molar-refractivity contribution >= 4 is 0 Å². The van der Waals surface area contributed by atoms with Crippen LogP contribution < -0.4 is 10.1 Å². The molecule has 0 saturated heterocycles. The van der Waals surface area contributed by atoms with Gasteiger partial charge >= 0.3 is 6.61 Å². The fraction of sp³-hybridized carbons (Fsp3) is 0.429. The van der Waals surface area contributed by atoms with E-state index in [2.05, 4.69) is 16.1 Å². The number of allylic oxidation sites excluding steroid dienone is 1. The van der Waals surface area contributed by atoms with E-state index >= 15 is 0 Å². The Morgan fingerprint density at radius 3 is 2.33 bits per heavy atom. The molecule has 2 nitrogen and oxygen atoms in total. The van der Waals surface area contributed by atoms with Crippen LogP contribution in [-0.4, -0.2) is 13.2 Å². The Kier molecular flexibility index (Phi) is 5.78. The minimum atomic E-state index is -2.78. The summed E-state index contributed by atoms with van der Waals surface area (Å²) in [4.78, 5) is 0. The van der Waals surface area contributed by atoms with Crippen molar-refractivity contribution < 1.29 is 13.5 Å². The van der Waals surface area contributed by atoms with Gasteiger partial charge < -0.3 is 10.1 Å². The van der Waals surface area contributed by atoms with Gasteiger partial charge in [0.1, 0.15) is 5.75 Å². The van der Waals surface area contributed by atoms with E-state index in [9.17, 15) is 8.78 Å². The molecular weight excluding hydrogens is 236 g/mol. The predicted octanol–water partition coefficient (Wildman–Crippen LogP) is 3.90. The van der Waals surface area contributed by atoms with Gasteiger partial charge in [-0.15, -0.1) is 0 Å². The van der Waals surface area contributed by atoms with Crippen molar-refractivity contribution in [2.45, 2.75) is 33.4 Å². The Morgan fingerprint density at radius 1 is 1.28 bits per heavy atom. The normalized spacial score (nSPS) is 12.3. The van der Waals surface area contributed by atoms with Crippen LogP contribution >= 0.6 is 0 Å². The number of benzene rings is 1. The first-order valence-electron chi connectivity index (χ1n) is 5.96. The van der Waals surface area contributed by atoms with E-state index in [1.807, 2.05) is 20.8 Å². The van der Waals surface area contributed by atoms with Gasteiger partial charge in [-0.1, -0.05) is 30.7 Å². The number of ether oxygens (including phenoxy) is 1. The Balaban J connectivity index is 2.83. The van der Waals surface area contributed by atoms with Crippen molar-refractivity contribution in [1.82, 2.24) is 5.32 Å². The lowest BCUT2D eigenvalue weighted by Crippen LogP contribution is -2.19. The summed E-state index contributed by atoms with van der Waals surface area (Å²) in [6, 6.07) is 6.81. The number of nitrogens with one attached hydrogen (secondary N) is 1. The number of alkyl halides is 2. The molecule has 1 atom stereocenters. The van der Waals surface area contributed by atoms with Gasteiger partial charge in [-0.05, 0) is 38.1 Å². The van der Waals surface area contributed by atoms with Gasteiger partial charge in [0.25, 0.3) is 0 Å². The van der Waals surface area contributed by atoms with Gasteiger partial charge in [0.15, 0.2) is 0 Å². The summed E-state index contributed by atoms with van der Waals surface area (Å²) in [6.07, 6.45) is 2.10. The smallest absolute Gasteiger partial charge is 0.387 e. The molecule has 0 radical (unpaired) electrons. The Morgan fingerprint density at radius 2 is 1.89 bits per heavy atom. The molecule has 18 heavy (non-hydrogen) atoms. The summed E-state index contributed by atoms with van der Waals surface area (Å²) >= 11 is 0. The topological polar surface area (TPSA) is 21.3 Å². The lowest BCUT2D eigenvalue weighted by atomic mass is 10.0. The molecule has 1 rings (SSSR count). The molecule has 0 aromatic heterocycles. The van der Waals surface area contributed by atoms with Crippen molar-refractivity contribution in [3.05, 3.63) is 41.5 Å². The van der Waals surface area contributed by atoms with Crippen molar-refractivity contribution in [3.8, 4) is 5.75 Å². The molecule has 1 unspecified atom stereocenters. The standard InChI is InChI=1S/C14H19F2NO/c1-4-17-13(9-10(2)3)11-5-7-12(8-6-11)18-14(15)16/h5-9,13-14,17H,4H2,1-3H3. The largest absolute Gasteiger partial charge is 0.435 e. The lowest BCUT2D eigenvalue weighted by Gasteiger charge is -2.15. The van der Waals surface area contributed by atoms with Crippen molar-refractivity contribution in [3.63, 3.8) is 0 Å². The predicted molar refractivity (Wildman–Crippen MR) is 68.9 cm³/mol. The molecule has 0 bridgehead atoms. The van der Waals surface area contributed by atoms with E-state index in [4.69, 9.17) is 0 Å². The molecule has 1 N–H and O–H groups in total. The first-order chi connectivity index (χ1) is 8.52. The van der Waals surface area contributed by atoms with Crippen LogP contribution in [0, 0.1) is 0 Å². The van der Waals surface area contributed by atoms with Crippen molar-refractivity contribution in [2.75, 3.05) is 6.54 Å². The fourth-order valence-corrected chi connectivity index (χ4v) is 1.68. The Bertz CT molecular complexity index is 383. The number of hydrogen-bond acceptors (Lipinski definition) is 2. The molecule has 1 aromatic carbocycles. The lowest BCUT2D eigenvalue weighted by molar-refractivity contribution is -0.0498. The minimum Gasteiger partial charge on any atom is -0.435 e. The fourth-order valence-electron chi connectivity index (χ4n) is 1.68. The van der Waals surface area contributed by atoms with E-state index in [1.165, 1.54) is 5.57 Å². The van der Waals surface area contributed by atoms with Gasteiger partial charge in [0.2, 0.25) is 0 Å². The maximum atomic E-state index is 12.0. The number of hydrogen-bond donors (Lipinski definition) is 1. The summed E-state index contributed by atoms with van der Waals surface area (Å²) < 4.78 is 28.4. The summed E-state index contributed by atoms with van der Waals surface area (Å²) in [7, 11) is 0. The SMILES string of the molecule is CCNC(C=C(C)C)c1ccc(OC(F)F)cc1. The van der Waals surface area contributed by atoms with E-state index < -0.39 is 6.61 Å². The van der Waals surface area contributed by atoms with Crippen LogP contribution in [0.3, 0.4) is 0 Å². The van der Waals surface area contributed by atoms with E-state index in [1.54, 1.807) is 24.3 Å². The quantitative estimate of drug-likeness (QED) is 0.778. The third kappa shape index (κ3) is 4.84. The average Bonchev–Trinajstić information content (AvgIpc) is 2.28. The van der Waals surface area contributed by atoms with Crippen molar-refractivity contribution in [2.24, 2.45) is 0 Å². The molecule has 0 aliphatic carbocycles. The molecule has 0 aliphatic rings. The Labute approximate surface area is 107 Å². The summed E-state index contributed by atoms with van der Waals surface area (Å²) in [5.74, 6) is 0.182. The van der Waals surface area contributed by atoms with E-state index in [0.29, 0.717) is 0 Å². The monoisotopic (exact) mass is 255 g/mol. The molecule has 0 fully saturated rings. The Hall–Kier alpha value is -1.42. The molecular formula is C14H19F2NO. The molecule has 0 amide bonds. The number of likely N-dealkylation sites (N-methyl/N-ethyl adjacent to an activating group) is 1. The highest BCUT2D eigenvalue weighted by atomic mass is 19.3. The molecule has 0 spiro atoms. The maximum Gasteiger partial charge on any atom is 0.387 e. The molecule has 4 heteroatoms. The van der Waals surface area contributed by atoms with Crippen LogP contribution in [0.1, 0.15) is 32.4 Å². The van der Waals surface area contributed by atoms with Crippen LogP contribution in [0.4, 0.5) is 8.78 Å². The van der Waals surface area contributed by atoms with Gasteiger partial charge in [-0.3, -0.25) is 0 Å². The zero-order chi connectivity index (χ0) is 13.5. The molecule has 0 saturated carbocycles. The first kappa shape index (κ1) is 14.6. The van der Waals surface area contributed by atoms with Crippen molar-refractivity contribution in [1.29, 1.82) is 0 Å². The van der Waals surface area contributed by atoms with Gasteiger partial charge in [-0.25, -0.2) is 0 Å². The third-order valence-electron chi connectivity index (χ3n) is 2.39. The second kappa shape index (κ2) is 7.11.